The van der Waals surface area contributed by atoms with Crippen LogP contribution in [-0.2, 0) is 13.0 Å². The molecule has 13 heavy (non-hydrogen) atoms. The predicted octanol–water partition coefficient (Wildman–Crippen LogP) is 2.70. The highest BCUT2D eigenvalue weighted by atomic mass is 35.5. The van der Waals surface area contributed by atoms with Gasteiger partial charge < -0.3 is 5.32 Å². The van der Waals surface area contributed by atoms with Gasteiger partial charge in [-0.15, -0.1) is 25.0 Å². The molecule has 0 atom stereocenters. The molecule has 0 saturated heterocycles. The van der Waals surface area contributed by atoms with Gasteiger partial charge in [0.05, 0.1) is 5.02 Å². The van der Waals surface area contributed by atoms with E-state index in [4.69, 9.17) is 11.6 Å². The maximum Gasteiger partial charge on any atom is 0.0586 e. The zero-order chi connectivity index (χ0) is 8.55. The summed E-state index contributed by atoms with van der Waals surface area (Å²) in [6, 6.07) is 4.08. The van der Waals surface area contributed by atoms with Gasteiger partial charge in [0, 0.05) is 11.4 Å². The number of rotatable bonds is 0. The molecule has 1 aliphatic heterocycles. The van der Waals surface area contributed by atoms with Gasteiger partial charge in [-0.2, -0.15) is 0 Å². The third kappa shape index (κ3) is 2.13. The molecule has 2 rings (SSSR count). The van der Waals surface area contributed by atoms with E-state index >= 15 is 0 Å². The summed E-state index contributed by atoms with van der Waals surface area (Å²) >= 11 is 10.4. The van der Waals surface area contributed by atoms with Crippen LogP contribution in [0.1, 0.15) is 11.1 Å². The van der Waals surface area contributed by atoms with Gasteiger partial charge in [0.2, 0.25) is 0 Å². The van der Waals surface area contributed by atoms with Crippen LogP contribution >= 0.6 is 36.6 Å². The highest BCUT2D eigenvalue weighted by molar-refractivity contribution is 7.80. The second kappa shape index (κ2) is 4.56. The second-order valence-corrected chi connectivity index (χ2v) is 3.82. The van der Waals surface area contributed by atoms with Gasteiger partial charge in [0.1, 0.15) is 0 Å². The molecule has 1 aromatic carbocycles. The molecule has 0 radical (unpaired) electrons. The minimum Gasteiger partial charge on any atom is -0.312 e. The first-order valence-corrected chi connectivity index (χ1v) is 4.81. The Morgan fingerprint density at radius 3 is 2.92 bits per heavy atom. The molecule has 4 heteroatoms. The zero-order valence-corrected chi connectivity index (χ0v) is 9.48. The Bertz CT molecular complexity index is 315. The van der Waals surface area contributed by atoms with Gasteiger partial charge in [-0.25, -0.2) is 0 Å². The van der Waals surface area contributed by atoms with E-state index in [1.807, 2.05) is 6.07 Å². The largest absolute Gasteiger partial charge is 0.312 e. The van der Waals surface area contributed by atoms with Crippen molar-refractivity contribution in [1.29, 1.82) is 0 Å². The van der Waals surface area contributed by atoms with E-state index < -0.39 is 0 Å². The summed E-state index contributed by atoms with van der Waals surface area (Å²) in [5.41, 5.74) is 2.58. The maximum atomic E-state index is 6.09. The van der Waals surface area contributed by atoms with Crippen molar-refractivity contribution in [3.05, 3.63) is 28.3 Å². The van der Waals surface area contributed by atoms with Gasteiger partial charge in [-0.05, 0) is 30.2 Å². The van der Waals surface area contributed by atoms with Gasteiger partial charge in [0.15, 0.2) is 0 Å². The maximum absolute atomic E-state index is 6.09. The number of benzene rings is 1. The molecule has 1 aliphatic rings. The molecule has 0 amide bonds. The third-order valence-electron chi connectivity index (χ3n) is 2.19. The molecule has 1 nitrogen and oxygen atoms in total. The van der Waals surface area contributed by atoms with Crippen molar-refractivity contribution in [2.24, 2.45) is 0 Å². The summed E-state index contributed by atoms with van der Waals surface area (Å²) < 4.78 is 0. The van der Waals surface area contributed by atoms with E-state index in [-0.39, 0.29) is 12.4 Å². The predicted molar refractivity (Wildman–Crippen MR) is 61.4 cm³/mol. The van der Waals surface area contributed by atoms with E-state index in [0.717, 1.165) is 29.4 Å². The van der Waals surface area contributed by atoms with Crippen molar-refractivity contribution in [2.45, 2.75) is 17.9 Å². The van der Waals surface area contributed by atoms with Crippen LogP contribution in [0.15, 0.2) is 17.0 Å². The van der Waals surface area contributed by atoms with E-state index in [1.54, 1.807) is 0 Å². The fourth-order valence-electron chi connectivity index (χ4n) is 1.51. The minimum absolute atomic E-state index is 0. The number of fused-ring (bicyclic) bond motifs is 1. The van der Waals surface area contributed by atoms with Crippen LogP contribution in [0.3, 0.4) is 0 Å². The fourth-order valence-corrected chi connectivity index (χ4v) is 1.97. The van der Waals surface area contributed by atoms with Gasteiger partial charge in [-0.3, -0.25) is 0 Å². The Kier molecular flexibility index (Phi) is 3.92. The molecule has 0 saturated carbocycles. The molecule has 1 aromatic rings. The number of nitrogens with one attached hydrogen (secondary N) is 1. The third-order valence-corrected chi connectivity index (χ3v) is 3.13. The first kappa shape index (κ1) is 11.2. The van der Waals surface area contributed by atoms with E-state index in [9.17, 15) is 0 Å². The van der Waals surface area contributed by atoms with Gasteiger partial charge in [0.25, 0.3) is 0 Å². The zero-order valence-electron chi connectivity index (χ0n) is 7.01. The van der Waals surface area contributed by atoms with Crippen LogP contribution < -0.4 is 5.32 Å². The highest BCUT2D eigenvalue weighted by Crippen LogP contribution is 2.28. The Morgan fingerprint density at radius 1 is 1.38 bits per heavy atom. The molecular formula is C9H11Cl2NS. The molecule has 0 fully saturated rings. The van der Waals surface area contributed by atoms with Crippen LogP contribution in [0.25, 0.3) is 0 Å². The first-order valence-electron chi connectivity index (χ1n) is 3.99. The molecule has 0 spiro atoms. The first-order chi connectivity index (χ1) is 5.79. The average Bonchev–Trinajstić information content (AvgIpc) is 2.12. The lowest BCUT2D eigenvalue weighted by Crippen LogP contribution is -2.23. The summed E-state index contributed by atoms with van der Waals surface area (Å²) in [5, 5.41) is 4.10. The fraction of sp³-hybridized carbons (Fsp3) is 0.333. The standard InChI is InChI=1S/C9H10ClNS.ClH/c10-9-7-5-11-4-3-6(7)1-2-8(9)12;/h1-2,11-12H,3-5H2;1H. The van der Waals surface area contributed by atoms with Crippen molar-refractivity contribution >= 4 is 36.6 Å². The summed E-state index contributed by atoms with van der Waals surface area (Å²) in [6.07, 6.45) is 1.07. The van der Waals surface area contributed by atoms with Crippen LogP contribution in [0.5, 0.6) is 0 Å². The molecule has 72 valence electrons. The molecule has 0 aromatic heterocycles. The van der Waals surface area contributed by atoms with Crippen LogP contribution in [0.4, 0.5) is 0 Å². The van der Waals surface area contributed by atoms with Crippen LogP contribution in [0.2, 0.25) is 5.02 Å². The van der Waals surface area contributed by atoms with Crippen molar-refractivity contribution in [3.8, 4) is 0 Å². The lowest BCUT2D eigenvalue weighted by Gasteiger charge is -2.18. The number of halogens is 2. The van der Waals surface area contributed by atoms with Crippen molar-refractivity contribution in [3.63, 3.8) is 0 Å². The lowest BCUT2D eigenvalue weighted by atomic mass is 10.0. The Labute approximate surface area is 94.7 Å². The SMILES string of the molecule is Cl.Sc1ccc2c(c1Cl)CNCC2. The summed E-state index contributed by atoms with van der Waals surface area (Å²) in [6.45, 7) is 1.93. The number of hydrogen-bond donors (Lipinski definition) is 2. The highest BCUT2D eigenvalue weighted by Gasteiger charge is 2.12. The lowest BCUT2D eigenvalue weighted by molar-refractivity contribution is 0.642. The molecule has 0 bridgehead atoms. The van der Waals surface area contributed by atoms with Crippen LogP contribution in [-0.4, -0.2) is 6.54 Å². The van der Waals surface area contributed by atoms with E-state index in [1.165, 1.54) is 11.1 Å². The average molecular weight is 236 g/mol. The smallest absolute Gasteiger partial charge is 0.0586 e. The van der Waals surface area contributed by atoms with Gasteiger partial charge in [-0.1, -0.05) is 17.7 Å². The molecular weight excluding hydrogens is 225 g/mol. The molecule has 1 N–H and O–H groups in total. The molecule has 0 unspecified atom stereocenters. The van der Waals surface area contributed by atoms with Crippen molar-refractivity contribution in [2.75, 3.05) is 6.54 Å². The Hall–Kier alpha value is 0.110. The van der Waals surface area contributed by atoms with Crippen molar-refractivity contribution < 1.29 is 0 Å². The van der Waals surface area contributed by atoms with Crippen molar-refractivity contribution in [1.82, 2.24) is 5.32 Å². The second-order valence-electron chi connectivity index (χ2n) is 2.96. The number of thiol groups is 1. The number of hydrogen-bond acceptors (Lipinski definition) is 2. The minimum atomic E-state index is 0. The monoisotopic (exact) mass is 235 g/mol. The normalized spacial score (nSPS) is 14.6. The summed E-state index contributed by atoms with van der Waals surface area (Å²) in [5.74, 6) is 0. The van der Waals surface area contributed by atoms with Crippen LogP contribution in [0, 0.1) is 0 Å². The molecule has 1 heterocycles. The summed E-state index contributed by atoms with van der Waals surface area (Å²) in [4.78, 5) is 0.874. The summed E-state index contributed by atoms with van der Waals surface area (Å²) in [7, 11) is 0. The Balaban J connectivity index is 0.000000845. The van der Waals surface area contributed by atoms with E-state index in [0.29, 0.717) is 0 Å². The van der Waals surface area contributed by atoms with E-state index in [2.05, 4.69) is 24.0 Å². The molecule has 0 aliphatic carbocycles. The quantitative estimate of drug-likeness (QED) is 0.660. The topological polar surface area (TPSA) is 12.0 Å². The Morgan fingerprint density at radius 2 is 2.15 bits per heavy atom. The van der Waals surface area contributed by atoms with Gasteiger partial charge >= 0.3 is 0 Å².